The van der Waals surface area contributed by atoms with Gasteiger partial charge in [-0.2, -0.15) is 4.98 Å². The molecular formula is C32H42ClN8O2P. The Bertz CT molecular complexity index is 1470. The molecule has 5 rings (SSSR count). The summed E-state index contributed by atoms with van der Waals surface area (Å²) in [7, 11) is 3.49. The molecule has 3 N–H and O–H groups in total. The number of hydrogen-bond donors (Lipinski definition) is 3. The molecule has 2 aliphatic heterocycles. The minimum Gasteiger partial charge on any atom is -0.494 e. The summed E-state index contributed by atoms with van der Waals surface area (Å²) in [5.74, 6) is 1.15. The number of likely N-dealkylation sites (tertiary alicyclic amines) is 1. The number of ether oxygens (including phenoxy) is 1. The van der Waals surface area contributed by atoms with Crippen LogP contribution in [0.1, 0.15) is 12.8 Å². The topological polar surface area (TPSA) is 97.9 Å². The van der Waals surface area contributed by atoms with E-state index in [-0.39, 0.29) is 13.8 Å². The number of methoxy groups -OCH3 is 1. The summed E-state index contributed by atoms with van der Waals surface area (Å²) in [5, 5.41) is 11.3. The number of carbonyl (C=O) groups excluding carboxylic acids is 1. The number of anilines is 6. The minimum atomic E-state index is -0.337. The molecule has 3 heterocycles. The second-order valence-electron chi connectivity index (χ2n) is 11.4. The molecule has 10 nitrogen and oxygen atoms in total. The first-order valence-electron chi connectivity index (χ1n) is 14.9. The van der Waals surface area contributed by atoms with Gasteiger partial charge in [0, 0.05) is 44.0 Å². The summed E-state index contributed by atoms with van der Waals surface area (Å²) in [5.41, 5.74) is 3.13. The summed E-state index contributed by atoms with van der Waals surface area (Å²) in [6, 6.07) is 12.6. The van der Waals surface area contributed by atoms with E-state index < -0.39 is 0 Å². The Balaban J connectivity index is 1.38. The van der Waals surface area contributed by atoms with Crippen molar-refractivity contribution in [3.63, 3.8) is 0 Å². The maximum atomic E-state index is 12.5. The van der Waals surface area contributed by atoms with Crippen molar-refractivity contribution < 1.29 is 9.53 Å². The number of benzene rings is 2. The van der Waals surface area contributed by atoms with Gasteiger partial charge in [0.25, 0.3) is 0 Å². The number of hydrogen-bond acceptors (Lipinski definition) is 9. The Hall–Kier alpha value is -3.43. The Kier molecular flexibility index (Phi) is 10.6. The molecule has 0 atom stereocenters. The quantitative estimate of drug-likeness (QED) is 0.201. The van der Waals surface area contributed by atoms with Gasteiger partial charge in [-0.15, -0.1) is 0 Å². The fourth-order valence-electron chi connectivity index (χ4n) is 5.80. The summed E-state index contributed by atoms with van der Waals surface area (Å²) in [6.45, 7) is 14.0. The molecule has 0 spiro atoms. The maximum absolute atomic E-state index is 12.5. The molecule has 0 radical (unpaired) electrons. The van der Waals surface area contributed by atoms with Crippen molar-refractivity contribution in [3.05, 3.63) is 60.3 Å². The van der Waals surface area contributed by atoms with Crippen LogP contribution in [0.2, 0.25) is 5.02 Å². The number of aromatic nitrogens is 2. The zero-order chi connectivity index (χ0) is 31.2. The predicted molar refractivity (Wildman–Crippen MR) is 185 cm³/mol. The third-order valence-corrected chi connectivity index (χ3v) is 9.88. The van der Waals surface area contributed by atoms with E-state index in [9.17, 15) is 4.79 Å². The van der Waals surface area contributed by atoms with E-state index in [1.165, 1.54) is 24.2 Å². The highest BCUT2D eigenvalue weighted by molar-refractivity contribution is 7.64. The first-order valence-corrected chi connectivity index (χ1v) is 17.5. The lowest BCUT2D eigenvalue weighted by Crippen LogP contribution is -2.53. The molecule has 2 saturated heterocycles. The molecule has 0 unspecified atom stereocenters. The van der Waals surface area contributed by atoms with Crippen molar-refractivity contribution in [2.24, 2.45) is 0 Å². The lowest BCUT2D eigenvalue weighted by Gasteiger charge is -2.43. The third kappa shape index (κ3) is 7.61. The van der Waals surface area contributed by atoms with Crippen LogP contribution in [-0.4, -0.2) is 98.5 Å². The van der Waals surface area contributed by atoms with Gasteiger partial charge in [0.2, 0.25) is 11.9 Å². The van der Waals surface area contributed by atoms with Gasteiger partial charge in [0.1, 0.15) is 10.8 Å². The van der Waals surface area contributed by atoms with Gasteiger partial charge in [0.15, 0.2) is 5.82 Å². The fourth-order valence-corrected chi connectivity index (χ4v) is 6.94. The molecule has 0 saturated carbocycles. The highest BCUT2D eigenvalue weighted by Gasteiger charge is 2.28. The summed E-state index contributed by atoms with van der Waals surface area (Å²) >= 11 is 6.51. The van der Waals surface area contributed by atoms with Gasteiger partial charge in [-0.1, -0.05) is 44.3 Å². The van der Waals surface area contributed by atoms with Crippen LogP contribution in [0.5, 0.6) is 5.75 Å². The summed E-state index contributed by atoms with van der Waals surface area (Å²) in [4.78, 5) is 28.9. The van der Waals surface area contributed by atoms with E-state index in [1.54, 1.807) is 13.3 Å². The van der Waals surface area contributed by atoms with Crippen LogP contribution >= 0.6 is 19.5 Å². The van der Waals surface area contributed by atoms with Crippen molar-refractivity contribution in [2.45, 2.75) is 18.9 Å². The molecule has 12 heteroatoms. The van der Waals surface area contributed by atoms with Crippen molar-refractivity contribution >= 4 is 65.2 Å². The van der Waals surface area contributed by atoms with E-state index >= 15 is 0 Å². The maximum Gasteiger partial charge on any atom is 0.247 e. The summed E-state index contributed by atoms with van der Waals surface area (Å²) in [6.07, 6.45) is 5.25. The van der Waals surface area contributed by atoms with Gasteiger partial charge in [-0.25, -0.2) is 4.98 Å². The Labute approximate surface area is 266 Å². The van der Waals surface area contributed by atoms with Crippen molar-refractivity contribution in [2.75, 3.05) is 87.6 Å². The number of carbonyl (C=O) groups is 1. The smallest absolute Gasteiger partial charge is 0.247 e. The van der Waals surface area contributed by atoms with Crippen LogP contribution in [0.3, 0.4) is 0 Å². The highest BCUT2D eigenvalue weighted by Crippen LogP contribution is 2.39. The zero-order valence-corrected chi connectivity index (χ0v) is 27.6. The Morgan fingerprint density at radius 2 is 1.77 bits per heavy atom. The predicted octanol–water partition coefficient (Wildman–Crippen LogP) is 5.33. The number of rotatable bonds is 10. The van der Waals surface area contributed by atoms with Crippen LogP contribution in [-0.2, 0) is 4.79 Å². The van der Waals surface area contributed by atoms with E-state index in [1.807, 2.05) is 30.3 Å². The SMILES string of the molecule is C=CC(=O)Nc1cc(Nc2ncc(Cl)c(Nc3ccccc3P(C)C)n2)c(OC)cc1N1CCN(C2CCN(C)CC2)CC1. The largest absolute Gasteiger partial charge is 0.494 e. The molecular weight excluding hydrogens is 595 g/mol. The Morgan fingerprint density at radius 1 is 1.05 bits per heavy atom. The molecule has 2 aliphatic rings. The van der Waals surface area contributed by atoms with Crippen LogP contribution in [0, 0.1) is 0 Å². The normalized spacial score (nSPS) is 16.5. The van der Waals surface area contributed by atoms with Gasteiger partial charge >= 0.3 is 0 Å². The lowest BCUT2D eigenvalue weighted by molar-refractivity contribution is -0.111. The number of amides is 1. The molecule has 2 fully saturated rings. The lowest BCUT2D eigenvalue weighted by atomic mass is 10.0. The van der Waals surface area contributed by atoms with E-state index in [0.717, 1.165) is 50.6 Å². The number of halogens is 1. The van der Waals surface area contributed by atoms with Crippen LogP contribution in [0.15, 0.2) is 55.3 Å². The fraction of sp³-hybridized carbons (Fsp3) is 0.406. The highest BCUT2D eigenvalue weighted by atomic mass is 35.5. The van der Waals surface area contributed by atoms with E-state index in [0.29, 0.717) is 40.0 Å². The average Bonchev–Trinajstić information content (AvgIpc) is 3.03. The van der Waals surface area contributed by atoms with Gasteiger partial charge in [-0.3, -0.25) is 9.69 Å². The van der Waals surface area contributed by atoms with Crippen molar-refractivity contribution in [1.82, 2.24) is 19.8 Å². The molecule has 3 aromatic rings. The van der Waals surface area contributed by atoms with E-state index in [4.69, 9.17) is 16.3 Å². The number of nitrogens with zero attached hydrogens (tertiary/aromatic N) is 5. The standard InChI is InChI=1S/C32H42ClN8O2P/c1-6-30(42)35-25-19-26(37-32-34-21-23(33)31(38-32)36-24-9-7-8-10-29(24)44(4)5)28(43-3)20-27(25)41-17-15-40(16-18-41)22-11-13-39(2)14-12-22/h6-10,19-22H,1,11-18H2,2-5H3,(H,35,42)(H2,34,36,37,38). The molecule has 234 valence electrons. The summed E-state index contributed by atoms with van der Waals surface area (Å²) < 4.78 is 5.82. The van der Waals surface area contributed by atoms with E-state index in [2.05, 4.69) is 73.6 Å². The van der Waals surface area contributed by atoms with Crippen LogP contribution < -0.4 is 30.9 Å². The molecule has 2 aromatic carbocycles. The van der Waals surface area contributed by atoms with Crippen molar-refractivity contribution in [1.29, 1.82) is 0 Å². The first-order chi connectivity index (χ1) is 21.2. The average molecular weight is 637 g/mol. The zero-order valence-electron chi connectivity index (χ0n) is 25.9. The van der Waals surface area contributed by atoms with Crippen LogP contribution in [0.4, 0.5) is 34.5 Å². The number of piperazine rings is 1. The number of para-hydroxylation sites is 1. The van der Waals surface area contributed by atoms with Crippen LogP contribution in [0.25, 0.3) is 0 Å². The molecule has 0 aliphatic carbocycles. The van der Waals surface area contributed by atoms with Crippen molar-refractivity contribution in [3.8, 4) is 5.75 Å². The second-order valence-corrected chi connectivity index (χ2v) is 14.1. The van der Waals surface area contributed by atoms with Gasteiger partial charge in [-0.05, 0) is 69.8 Å². The number of piperidine rings is 1. The third-order valence-electron chi connectivity index (χ3n) is 8.25. The first kappa shape index (κ1) is 32.0. The molecule has 44 heavy (non-hydrogen) atoms. The minimum absolute atomic E-state index is 0.285. The molecule has 0 bridgehead atoms. The molecule has 1 aromatic heterocycles. The van der Waals surface area contributed by atoms with Gasteiger partial charge in [0.05, 0.1) is 30.4 Å². The second kappa shape index (κ2) is 14.6. The number of nitrogens with one attached hydrogen (secondary N) is 3. The monoisotopic (exact) mass is 636 g/mol. The molecule has 1 amide bonds. The Morgan fingerprint density at radius 3 is 2.45 bits per heavy atom. The van der Waals surface area contributed by atoms with Gasteiger partial charge < -0.3 is 30.5 Å².